The van der Waals surface area contributed by atoms with E-state index in [0.717, 1.165) is 22.8 Å². The second kappa shape index (κ2) is 5.92. The van der Waals surface area contributed by atoms with Gasteiger partial charge in [0, 0.05) is 17.3 Å². The molecule has 0 saturated heterocycles. The predicted octanol–water partition coefficient (Wildman–Crippen LogP) is 4.86. The van der Waals surface area contributed by atoms with Crippen LogP contribution in [0.5, 0.6) is 0 Å². The normalized spacial score (nSPS) is 12.2. The molecule has 0 fully saturated rings. The van der Waals surface area contributed by atoms with Crippen molar-refractivity contribution in [1.82, 2.24) is 0 Å². The third-order valence-corrected chi connectivity index (χ3v) is 3.56. The lowest BCUT2D eigenvalue weighted by atomic mass is 10.0. The van der Waals surface area contributed by atoms with E-state index in [0.29, 0.717) is 5.92 Å². The lowest BCUT2D eigenvalue weighted by molar-refractivity contribution is 0.805. The molecule has 1 nitrogen and oxygen atoms in total. The van der Waals surface area contributed by atoms with Crippen LogP contribution in [0, 0.1) is 6.92 Å². The molecule has 1 unspecified atom stereocenters. The Morgan fingerprint density at radius 2 is 1.83 bits per heavy atom. The van der Waals surface area contributed by atoms with Crippen LogP contribution in [0.1, 0.15) is 24.0 Å². The lowest BCUT2D eigenvalue weighted by Crippen LogP contribution is -2.09. The molecule has 0 aromatic heterocycles. The fraction of sp³-hybridized carbons (Fsp3) is 0.250. The molecule has 2 aromatic carbocycles. The molecule has 1 N–H and O–H groups in total. The minimum Gasteiger partial charge on any atom is -0.384 e. The summed E-state index contributed by atoms with van der Waals surface area (Å²) in [5.41, 5.74) is 3.54. The molecule has 0 radical (unpaired) electrons. The number of rotatable bonds is 4. The smallest absolute Gasteiger partial charge is 0.0455 e. The van der Waals surface area contributed by atoms with E-state index in [9.17, 15) is 0 Å². The Labute approximate surface area is 114 Å². The van der Waals surface area contributed by atoms with Crippen molar-refractivity contribution >= 4 is 17.3 Å². The van der Waals surface area contributed by atoms with E-state index in [4.69, 9.17) is 11.6 Å². The van der Waals surface area contributed by atoms with Crippen molar-refractivity contribution in [1.29, 1.82) is 0 Å². The first-order chi connectivity index (χ1) is 8.66. The Balaban J connectivity index is 1.97. The quantitative estimate of drug-likeness (QED) is 0.827. The monoisotopic (exact) mass is 259 g/mol. The summed E-state index contributed by atoms with van der Waals surface area (Å²) in [6.07, 6.45) is 0. The molecule has 0 bridgehead atoms. The summed E-state index contributed by atoms with van der Waals surface area (Å²) < 4.78 is 0. The van der Waals surface area contributed by atoms with Crippen molar-refractivity contribution in [2.75, 3.05) is 11.9 Å². The van der Waals surface area contributed by atoms with Gasteiger partial charge in [0.15, 0.2) is 0 Å². The first-order valence-corrected chi connectivity index (χ1v) is 6.59. The summed E-state index contributed by atoms with van der Waals surface area (Å²) in [7, 11) is 0. The van der Waals surface area contributed by atoms with Gasteiger partial charge in [0.05, 0.1) is 0 Å². The second-order valence-electron chi connectivity index (χ2n) is 4.66. The van der Waals surface area contributed by atoms with Gasteiger partial charge in [-0.25, -0.2) is 0 Å². The van der Waals surface area contributed by atoms with E-state index in [1.165, 1.54) is 5.56 Å². The Hall–Kier alpha value is -1.47. The van der Waals surface area contributed by atoms with Crippen LogP contribution in [0.3, 0.4) is 0 Å². The third kappa shape index (κ3) is 3.27. The van der Waals surface area contributed by atoms with E-state index in [-0.39, 0.29) is 0 Å². The average molecular weight is 260 g/mol. The summed E-state index contributed by atoms with van der Waals surface area (Å²) in [4.78, 5) is 0. The zero-order valence-electron chi connectivity index (χ0n) is 10.8. The number of nitrogens with one attached hydrogen (secondary N) is 1. The molecule has 2 aromatic rings. The van der Waals surface area contributed by atoms with Crippen molar-refractivity contribution in [2.24, 2.45) is 0 Å². The predicted molar refractivity (Wildman–Crippen MR) is 79.5 cm³/mol. The van der Waals surface area contributed by atoms with Crippen molar-refractivity contribution < 1.29 is 0 Å². The maximum Gasteiger partial charge on any atom is 0.0455 e. The Morgan fingerprint density at radius 1 is 1.11 bits per heavy atom. The van der Waals surface area contributed by atoms with Gasteiger partial charge < -0.3 is 5.32 Å². The van der Waals surface area contributed by atoms with Gasteiger partial charge in [-0.15, -0.1) is 0 Å². The molecule has 0 saturated carbocycles. The molecule has 0 aliphatic heterocycles. The number of anilines is 1. The van der Waals surface area contributed by atoms with Crippen LogP contribution in [0.4, 0.5) is 5.69 Å². The van der Waals surface area contributed by atoms with Crippen molar-refractivity contribution in [3.05, 3.63) is 64.7 Å². The van der Waals surface area contributed by atoms with Gasteiger partial charge in [-0.05, 0) is 36.1 Å². The van der Waals surface area contributed by atoms with Crippen molar-refractivity contribution in [2.45, 2.75) is 19.8 Å². The Kier molecular flexibility index (Phi) is 4.27. The first-order valence-electron chi connectivity index (χ1n) is 6.22. The summed E-state index contributed by atoms with van der Waals surface area (Å²) >= 11 is 6.11. The van der Waals surface area contributed by atoms with Gasteiger partial charge in [-0.2, -0.15) is 0 Å². The minimum absolute atomic E-state index is 0.478. The zero-order chi connectivity index (χ0) is 13.0. The molecular formula is C16H18ClN. The zero-order valence-corrected chi connectivity index (χ0v) is 11.5. The van der Waals surface area contributed by atoms with E-state index < -0.39 is 0 Å². The topological polar surface area (TPSA) is 12.0 Å². The average Bonchev–Trinajstić information content (AvgIpc) is 2.41. The summed E-state index contributed by atoms with van der Waals surface area (Å²) in [5, 5.41) is 4.24. The van der Waals surface area contributed by atoms with Gasteiger partial charge in [0.1, 0.15) is 0 Å². The molecular weight excluding hydrogens is 242 g/mol. The van der Waals surface area contributed by atoms with Gasteiger partial charge in [-0.1, -0.05) is 54.9 Å². The molecule has 0 spiro atoms. The van der Waals surface area contributed by atoms with Crippen LogP contribution in [-0.2, 0) is 0 Å². The highest BCUT2D eigenvalue weighted by Crippen LogP contribution is 2.21. The van der Waals surface area contributed by atoms with Crippen LogP contribution < -0.4 is 5.32 Å². The number of halogens is 1. The number of aryl methyl sites for hydroxylation is 1. The third-order valence-electron chi connectivity index (χ3n) is 3.15. The number of hydrogen-bond acceptors (Lipinski definition) is 1. The van der Waals surface area contributed by atoms with Crippen LogP contribution in [0.2, 0.25) is 5.02 Å². The Morgan fingerprint density at radius 3 is 2.50 bits per heavy atom. The lowest BCUT2D eigenvalue weighted by Gasteiger charge is -2.14. The van der Waals surface area contributed by atoms with Gasteiger partial charge in [-0.3, -0.25) is 0 Å². The van der Waals surface area contributed by atoms with E-state index >= 15 is 0 Å². The molecule has 0 amide bonds. The Bertz CT molecular complexity index is 508. The highest BCUT2D eigenvalue weighted by atomic mass is 35.5. The standard InChI is InChI=1S/C16H18ClN/c1-12-8-9-15(10-16(12)17)18-11-13(2)14-6-4-3-5-7-14/h3-10,13,18H,11H2,1-2H3. The van der Waals surface area contributed by atoms with E-state index in [1.54, 1.807) is 0 Å². The highest BCUT2D eigenvalue weighted by Gasteiger charge is 2.05. The molecule has 0 aliphatic carbocycles. The van der Waals surface area contributed by atoms with Crippen molar-refractivity contribution in [3.63, 3.8) is 0 Å². The van der Waals surface area contributed by atoms with Gasteiger partial charge in [0.25, 0.3) is 0 Å². The van der Waals surface area contributed by atoms with E-state index in [2.05, 4.69) is 42.6 Å². The fourth-order valence-corrected chi connectivity index (χ4v) is 2.05. The maximum atomic E-state index is 6.11. The van der Waals surface area contributed by atoms with Crippen LogP contribution in [-0.4, -0.2) is 6.54 Å². The second-order valence-corrected chi connectivity index (χ2v) is 5.06. The molecule has 0 heterocycles. The van der Waals surface area contributed by atoms with Gasteiger partial charge in [0.2, 0.25) is 0 Å². The molecule has 2 heteroatoms. The highest BCUT2D eigenvalue weighted by molar-refractivity contribution is 6.31. The van der Waals surface area contributed by atoms with E-state index in [1.807, 2.05) is 25.1 Å². The SMILES string of the molecule is Cc1ccc(NCC(C)c2ccccc2)cc1Cl. The molecule has 2 rings (SSSR count). The fourth-order valence-electron chi connectivity index (χ4n) is 1.87. The number of hydrogen-bond donors (Lipinski definition) is 1. The van der Waals surface area contributed by atoms with Gasteiger partial charge >= 0.3 is 0 Å². The van der Waals surface area contributed by atoms with Crippen LogP contribution in [0.15, 0.2) is 48.5 Å². The first kappa shape index (κ1) is 13.0. The summed E-state index contributed by atoms with van der Waals surface area (Å²) in [6.45, 7) is 5.14. The van der Waals surface area contributed by atoms with Crippen LogP contribution in [0.25, 0.3) is 0 Å². The largest absolute Gasteiger partial charge is 0.384 e. The molecule has 94 valence electrons. The summed E-state index contributed by atoms with van der Waals surface area (Å²) in [5.74, 6) is 0.478. The molecule has 18 heavy (non-hydrogen) atoms. The number of benzene rings is 2. The molecule has 1 atom stereocenters. The minimum atomic E-state index is 0.478. The maximum absolute atomic E-state index is 6.11. The van der Waals surface area contributed by atoms with Crippen LogP contribution >= 0.6 is 11.6 Å². The molecule has 0 aliphatic rings. The summed E-state index contributed by atoms with van der Waals surface area (Å²) in [6, 6.07) is 16.6. The van der Waals surface area contributed by atoms with Crippen molar-refractivity contribution in [3.8, 4) is 0 Å².